The van der Waals surface area contributed by atoms with Crippen LogP contribution >= 0.6 is 0 Å². The molecule has 0 unspecified atom stereocenters. The Kier molecular flexibility index (Phi) is 4.02. The zero-order chi connectivity index (χ0) is 11.3. The molecule has 6 heteroatoms. The zero-order valence-electron chi connectivity index (χ0n) is 8.59. The van der Waals surface area contributed by atoms with Gasteiger partial charge >= 0.3 is 0 Å². The highest BCUT2D eigenvalue weighted by Crippen LogP contribution is 1.99. The number of hydrogen-bond donors (Lipinski definition) is 0. The van der Waals surface area contributed by atoms with Crippen molar-refractivity contribution in [2.24, 2.45) is 0 Å². The SMILES string of the molecule is CCCS(=O)(=O)CCn1ccnc1C=O. The maximum absolute atomic E-state index is 11.4. The predicted octanol–water partition coefficient (Wildman–Crippen LogP) is 0.520. The highest BCUT2D eigenvalue weighted by Gasteiger charge is 2.10. The van der Waals surface area contributed by atoms with Crippen LogP contribution < -0.4 is 0 Å². The van der Waals surface area contributed by atoms with Crippen LogP contribution in [0.5, 0.6) is 0 Å². The number of rotatable bonds is 6. The van der Waals surface area contributed by atoms with E-state index >= 15 is 0 Å². The van der Waals surface area contributed by atoms with E-state index in [4.69, 9.17) is 0 Å². The topological polar surface area (TPSA) is 69.0 Å². The minimum absolute atomic E-state index is 0.0536. The summed E-state index contributed by atoms with van der Waals surface area (Å²) in [5.41, 5.74) is 0. The van der Waals surface area contributed by atoms with Gasteiger partial charge in [-0.3, -0.25) is 4.79 Å². The molecule has 0 amide bonds. The summed E-state index contributed by atoms with van der Waals surface area (Å²) in [6, 6.07) is 0. The van der Waals surface area contributed by atoms with Crippen LogP contribution in [0.1, 0.15) is 24.0 Å². The van der Waals surface area contributed by atoms with Gasteiger partial charge < -0.3 is 4.57 Å². The molecule has 0 N–H and O–H groups in total. The van der Waals surface area contributed by atoms with E-state index in [1.54, 1.807) is 10.8 Å². The van der Waals surface area contributed by atoms with Gasteiger partial charge in [-0.2, -0.15) is 0 Å². The molecule has 1 aromatic heterocycles. The molecule has 0 aliphatic heterocycles. The summed E-state index contributed by atoms with van der Waals surface area (Å²) in [6.45, 7) is 2.11. The molecule has 1 rings (SSSR count). The second-order valence-electron chi connectivity index (χ2n) is 3.25. The van der Waals surface area contributed by atoms with Crippen LogP contribution in [0.4, 0.5) is 0 Å². The van der Waals surface area contributed by atoms with Gasteiger partial charge in [0.25, 0.3) is 0 Å². The molecule has 1 heterocycles. The van der Waals surface area contributed by atoms with Crippen LogP contribution in [-0.2, 0) is 16.4 Å². The second-order valence-corrected chi connectivity index (χ2v) is 5.55. The fourth-order valence-corrected chi connectivity index (χ4v) is 2.58. The standard InChI is InChI=1S/C9H14N2O3S/c1-2-6-15(13,14)7-5-11-4-3-10-9(11)8-12/h3-4,8H,2,5-7H2,1H3. The van der Waals surface area contributed by atoms with E-state index in [0.717, 1.165) is 0 Å². The first-order valence-electron chi connectivity index (χ1n) is 4.76. The maximum Gasteiger partial charge on any atom is 0.185 e. The van der Waals surface area contributed by atoms with Crippen molar-refractivity contribution >= 4 is 16.1 Å². The summed E-state index contributed by atoms with van der Waals surface area (Å²) in [4.78, 5) is 14.3. The number of aryl methyl sites for hydroxylation is 1. The smallest absolute Gasteiger partial charge is 0.185 e. The van der Waals surface area contributed by atoms with Gasteiger partial charge in [-0.1, -0.05) is 6.92 Å². The van der Waals surface area contributed by atoms with E-state index in [-0.39, 0.29) is 23.9 Å². The molecular weight excluding hydrogens is 216 g/mol. The van der Waals surface area contributed by atoms with Gasteiger partial charge in [0, 0.05) is 24.7 Å². The summed E-state index contributed by atoms with van der Waals surface area (Å²) in [5, 5.41) is 0. The first-order chi connectivity index (χ1) is 7.09. The van der Waals surface area contributed by atoms with Crippen molar-refractivity contribution in [3.05, 3.63) is 18.2 Å². The van der Waals surface area contributed by atoms with E-state index < -0.39 is 9.84 Å². The average molecular weight is 230 g/mol. The summed E-state index contributed by atoms with van der Waals surface area (Å²) < 4.78 is 24.3. The lowest BCUT2D eigenvalue weighted by molar-refractivity contribution is 0.111. The van der Waals surface area contributed by atoms with Crippen molar-refractivity contribution in [1.29, 1.82) is 0 Å². The molecule has 0 atom stereocenters. The molecule has 84 valence electrons. The first-order valence-corrected chi connectivity index (χ1v) is 6.58. The molecule has 0 fully saturated rings. The van der Waals surface area contributed by atoms with Crippen molar-refractivity contribution in [3.8, 4) is 0 Å². The van der Waals surface area contributed by atoms with Crippen LogP contribution in [0.25, 0.3) is 0 Å². The largest absolute Gasteiger partial charge is 0.328 e. The van der Waals surface area contributed by atoms with Gasteiger partial charge in [-0.05, 0) is 6.42 Å². The third-order valence-corrected chi connectivity index (χ3v) is 3.85. The number of aldehydes is 1. The van der Waals surface area contributed by atoms with Gasteiger partial charge in [0.1, 0.15) is 0 Å². The van der Waals surface area contributed by atoms with Crippen molar-refractivity contribution in [2.75, 3.05) is 11.5 Å². The Balaban J connectivity index is 2.61. The molecule has 5 nitrogen and oxygen atoms in total. The highest BCUT2D eigenvalue weighted by molar-refractivity contribution is 7.91. The van der Waals surface area contributed by atoms with Crippen LogP contribution in [0.2, 0.25) is 0 Å². The van der Waals surface area contributed by atoms with Crippen molar-refractivity contribution in [1.82, 2.24) is 9.55 Å². The molecule has 0 saturated heterocycles. The highest BCUT2D eigenvalue weighted by atomic mass is 32.2. The third kappa shape index (κ3) is 3.47. The number of nitrogens with zero attached hydrogens (tertiary/aromatic N) is 2. The van der Waals surface area contributed by atoms with E-state index in [1.165, 1.54) is 6.20 Å². The number of carbonyl (C=O) groups is 1. The summed E-state index contributed by atoms with van der Waals surface area (Å²) >= 11 is 0. The normalized spacial score (nSPS) is 11.5. The van der Waals surface area contributed by atoms with E-state index in [2.05, 4.69) is 4.98 Å². The molecule has 0 radical (unpaired) electrons. The van der Waals surface area contributed by atoms with Crippen molar-refractivity contribution in [3.63, 3.8) is 0 Å². The van der Waals surface area contributed by atoms with Gasteiger partial charge in [-0.25, -0.2) is 13.4 Å². The molecule has 0 aromatic carbocycles. The minimum Gasteiger partial charge on any atom is -0.328 e. The zero-order valence-corrected chi connectivity index (χ0v) is 9.40. The molecule has 0 aliphatic rings. The Morgan fingerprint density at radius 2 is 2.20 bits per heavy atom. The molecule has 15 heavy (non-hydrogen) atoms. The second kappa shape index (κ2) is 5.06. The molecule has 0 spiro atoms. The van der Waals surface area contributed by atoms with E-state index in [9.17, 15) is 13.2 Å². The number of hydrogen-bond acceptors (Lipinski definition) is 4. The maximum atomic E-state index is 11.4. The summed E-state index contributed by atoms with van der Waals surface area (Å²) in [6.07, 6.45) is 4.32. The predicted molar refractivity (Wildman–Crippen MR) is 56.6 cm³/mol. The lowest BCUT2D eigenvalue weighted by Crippen LogP contribution is -2.16. The Labute approximate surface area is 89.0 Å². The fourth-order valence-electron chi connectivity index (χ4n) is 1.28. The average Bonchev–Trinajstić information content (AvgIpc) is 2.62. The molecular formula is C9H14N2O3S. The summed E-state index contributed by atoms with van der Waals surface area (Å²) in [5.74, 6) is 0.512. The Morgan fingerprint density at radius 1 is 1.47 bits per heavy atom. The lowest BCUT2D eigenvalue weighted by Gasteiger charge is -2.04. The third-order valence-electron chi connectivity index (χ3n) is 2.01. The van der Waals surface area contributed by atoms with Crippen molar-refractivity contribution in [2.45, 2.75) is 19.9 Å². The Bertz CT molecular complexity index is 422. The van der Waals surface area contributed by atoms with E-state index in [0.29, 0.717) is 12.7 Å². The van der Waals surface area contributed by atoms with Crippen LogP contribution in [0.15, 0.2) is 12.4 Å². The fraction of sp³-hybridized carbons (Fsp3) is 0.556. The Morgan fingerprint density at radius 3 is 2.80 bits per heavy atom. The van der Waals surface area contributed by atoms with Crippen LogP contribution in [0.3, 0.4) is 0 Å². The molecule has 0 aliphatic carbocycles. The monoisotopic (exact) mass is 230 g/mol. The lowest BCUT2D eigenvalue weighted by atomic mass is 10.6. The van der Waals surface area contributed by atoms with Crippen LogP contribution in [0, 0.1) is 0 Å². The van der Waals surface area contributed by atoms with Crippen LogP contribution in [-0.4, -0.2) is 35.8 Å². The molecule has 0 bridgehead atoms. The number of imidazole rings is 1. The van der Waals surface area contributed by atoms with Gasteiger partial charge in [0.05, 0.1) is 5.75 Å². The van der Waals surface area contributed by atoms with Gasteiger partial charge in [-0.15, -0.1) is 0 Å². The molecule has 0 saturated carbocycles. The van der Waals surface area contributed by atoms with Crippen molar-refractivity contribution < 1.29 is 13.2 Å². The van der Waals surface area contributed by atoms with Gasteiger partial charge in [0.15, 0.2) is 21.9 Å². The Hall–Kier alpha value is -1.17. The van der Waals surface area contributed by atoms with E-state index in [1.807, 2.05) is 6.92 Å². The molecule has 1 aromatic rings. The quantitative estimate of drug-likeness (QED) is 0.668. The number of aromatic nitrogens is 2. The first kappa shape index (κ1) is 11.9. The number of sulfone groups is 1. The van der Waals surface area contributed by atoms with Gasteiger partial charge in [0.2, 0.25) is 0 Å². The summed E-state index contributed by atoms with van der Waals surface area (Å²) in [7, 11) is -3.00. The minimum atomic E-state index is -3.00. The number of carbonyl (C=O) groups excluding carboxylic acids is 1.